The number of ether oxygens (including phenoxy) is 1. The average molecular weight is 343 g/mol. The molecule has 0 atom stereocenters. The van der Waals surface area contributed by atoms with Gasteiger partial charge < -0.3 is 14.5 Å². The number of benzene rings is 1. The summed E-state index contributed by atoms with van der Waals surface area (Å²) in [7, 11) is 0. The number of nitrogens with zero attached hydrogens (tertiary/aromatic N) is 2. The van der Waals surface area contributed by atoms with Crippen LogP contribution in [0.1, 0.15) is 11.3 Å². The van der Waals surface area contributed by atoms with Gasteiger partial charge in [0, 0.05) is 16.1 Å². The molecule has 0 spiro atoms. The maximum atomic E-state index is 12.1. The second-order valence-electron chi connectivity index (χ2n) is 5.21. The lowest BCUT2D eigenvalue weighted by Crippen LogP contribution is -2.20. The zero-order valence-corrected chi connectivity index (χ0v) is 14.4. The molecule has 1 N–H and O–H groups in total. The van der Waals surface area contributed by atoms with Crippen molar-refractivity contribution in [3.63, 3.8) is 0 Å². The van der Waals surface area contributed by atoms with Gasteiger partial charge in [0.1, 0.15) is 17.5 Å². The van der Waals surface area contributed by atoms with E-state index in [0.29, 0.717) is 17.0 Å². The van der Waals surface area contributed by atoms with Crippen molar-refractivity contribution in [2.45, 2.75) is 18.7 Å². The fraction of sp³-hybridized carbons (Fsp3) is 0.235. The standard InChI is InChI=1S/C17H17N3O3S/c1-10-11(2)23-17-15(10)16(18-9-19-17)22-8-14(21)20-12-5-4-6-13(7-12)24-3/h4-7,9H,8H2,1-3H3,(H,20,21). The summed E-state index contributed by atoms with van der Waals surface area (Å²) in [6.45, 7) is 3.62. The zero-order valence-electron chi connectivity index (χ0n) is 13.6. The van der Waals surface area contributed by atoms with Crippen LogP contribution >= 0.6 is 11.8 Å². The number of amides is 1. The van der Waals surface area contributed by atoms with Crippen molar-refractivity contribution in [1.82, 2.24) is 9.97 Å². The van der Waals surface area contributed by atoms with Crippen LogP contribution in [0, 0.1) is 13.8 Å². The van der Waals surface area contributed by atoms with Gasteiger partial charge in [-0.2, -0.15) is 0 Å². The second kappa shape index (κ2) is 6.92. The Morgan fingerprint density at radius 1 is 1.33 bits per heavy atom. The van der Waals surface area contributed by atoms with Crippen LogP contribution in [0.4, 0.5) is 5.69 Å². The average Bonchev–Trinajstić information content (AvgIpc) is 2.88. The van der Waals surface area contributed by atoms with Gasteiger partial charge in [0.25, 0.3) is 5.91 Å². The highest BCUT2D eigenvalue weighted by Crippen LogP contribution is 2.29. The number of fused-ring (bicyclic) bond motifs is 1. The third-order valence-corrected chi connectivity index (χ3v) is 4.35. The summed E-state index contributed by atoms with van der Waals surface area (Å²) in [6.07, 6.45) is 3.35. The molecule has 124 valence electrons. The fourth-order valence-electron chi connectivity index (χ4n) is 2.29. The Morgan fingerprint density at radius 2 is 2.17 bits per heavy atom. The van der Waals surface area contributed by atoms with Gasteiger partial charge in [-0.3, -0.25) is 4.79 Å². The van der Waals surface area contributed by atoms with E-state index in [2.05, 4.69) is 15.3 Å². The fourth-order valence-corrected chi connectivity index (χ4v) is 2.75. The van der Waals surface area contributed by atoms with Gasteiger partial charge in [0.15, 0.2) is 6.61 Å². The highest BCUT2D eigenvalue weighted by Gasteiger charge is 2.15. The number of aryl methyl sites for hydroxylation is 2. The summed E-state index contributed by atoms with van der Waals surface area (Å²) in [5.74, 6) is 0.855. The molecule has 7 heteroatoms. The van der Waals surface area contributed by atoms with E-state index in [1.807, 2.05) is 44.4 Å². The minimum absolute atomic E-state index is 0.140. The molecule has 2 heterocycles. The van der Waals surface area contributed by atoms with Gasteiger partial charge in [-0.25, -0.2) is 9.97 Å². The third-order valence-electron chi connectivity index (χ3n) is 3.62. The number of hydrogen-bond acceptors (Lipinski definition) is 6. The molecule has 0 bridgehead atoms. The molecule has 0 aliphatic carbocycles. The van der Waals surface area contributed by atoms with Crippen LogP contribution < -0.4 is 10.1 Å². The molecule has 0 saturated carbocycles. The quantitative estimate of drug-likeness (QED) is 0.714. The van der Waals surface area contributed by atoms with E-state index >= 15 is 0 Å². The van der Waals surface area contributed by atoms with Gasteiger partial charge in [0.05, 0.1) is 0 Å². The Morgan fingerprint density at radius 3 is 2.96 bits per heavy atom. The highest BCUT2D eigenvalue weighted by atomic mass is 32.2. The maximum Gasteiger partial charge on any atom is 0.262 e. The number of furan rings is 1. The number of aromatic nitrogens is 2. The smallest absolute Gasteiger partial charge is 0.262 e. The molecule has 3 aromatic rings. The molecular formula is C17H17N3O3S. The molecule has 0 aliphatic heterocycles. The van der Waals surface area contributed by atoms with E-state index in [4.69, 9.17) is 9.15 Å². The molecule has 0 fully saturated rings. The Labute approximate surface area is 143 Å². The minimum atomic E-state index is -0.252. The predicted octanol–water partition coefficient (Wildman–Crippen LogP) is 3.58. The van der Waals surface area contributed by atoms with Crippen LogP contribution in [-0.2, 0) is 4.79 Å². The van der Waals surface area contributed by atoms with Gasteiger partial charge in [0.2, 0.25) is 11.6 Å². The van der Waals surface area contributed by atoms with Crippen molar-refractivity contribution < 1.29 is 13.9 Å². The van der Waals surface area contributed by atoms with E-state index in [1.54, 1.807) is 11.8 Å². The number of carbonyl (C=O) groups excluding carboxylic acids is 1. The first-order valence-corrected chi connectivity index (χ1v) is 8.58. The maximum absolute atomic E-state index is 12.1. The summed E-state index contributed by atoms with van der Waals surface area (Å²) in [5, 5.41) is 3.51. The van der Waals surface area contributed by atoms with Crippen molar-refractivity contribution in [1.29, 1.82) is 0 Å². The molecule has 0 radical (unpaired) electrons. The molecule has 0 saturated heterocycles. The lowest BCUT2D eigenvalue weighted by molar-refractivity contribution is -0.118. The van der Waals surface area contributed by atoms with E-state index < -0.39 is 0 Å². The first kappa shape index (κ1) is 16.3. The van der Waals surface area contributed by atoms with E-state index in [9.17, 15) is 4.79 Å². The minimum Gasteiger partial charge on any atom is -0.467 e. The second-order valence-corrected chi connectivity index (χ2v) is 6.09. The molecule has 1 aromatic carbocycles. The third kappa shape index (κ3) is 3.35. The Balaban J connectivity index is 1.70. The van der Waals surface area contributed by atoms with Crippen LogP contribution in [0.5, 0.6) is 5.88 Å². The molecule has 1 amide bonds. The number of rotatable bonds is 5. The first-order valence-electron chi connectivity index (χ1n) is 7.36. The number of nitrogens with one attached hydrogen (secondary N) is 1. The molecule has 0 aliphatic rings. The number of carbonyl (C=O) groups is 1. The van der Waals surface area contributed by atoms with Crippen molar-refractivity contribution in [3.8, 4) is 5.88 Å². The summed E-state index contributed by atoms with van der Waals surface area (Å²) in [5.41, 5.74) is 2.11. The topological polar surface area (TPSA) is 77.2 Å². The van der Waals surface area contributed by atoms with E-state index in [-0.39, 0.29) is 12.5 Å². The van der Waals surface area contributed by atoms with Crippen LogP contribution in [0.25, 0.3) is 11.1 Å². The van der Waals surface area contributed by atoms with Crippen molar-refractivity contribution in [3.05, 3.63) is 41.9 Å². The van der Waals surface area contributed by atoms with Crippen LogP contribution in [0.2, 0.25) is 0 Å². The van der Waals surface area contributed by atoms with Crippen LogP contribution in [0.15, 0.2) is 39.9 Å². The predicted molar refractivity (Wildman–Crippen MR) is 93.6 cm³/mol. The number of anilines is 1. The van der Waals surface area contributed by atoms with Crippen LogP contribution in [-0.4, -0.2) is 28.7 Å². The molecule has 2 aromatic heterocycles. The van der Waals surface area contributed by atoms with E-state index in [1.165, 1.54) is 6.33 Å². The lowest BCUT2D eigenvalue weighted by atomic mass is 10.2. The van der Waals surface area contributed by atoms with Gasteiger partial charge in [-0.15, -0.1) is 11.8 Å². The molecule has 3 rings (SSSR count). The van der Waals surface area contributed by atoms with Crippen molar-refractivity contribution in [2.24, 2.45) is 0 Å². The van der Waals surface area contributed by atoms with Crippen LogP contribution in [0.3, 0.4) is 0 Å². The lowest BCUT2D eigenvalue weighted by Gasteiger charge is -2.08. The summed E-state index contributed by atoms with van der Waals surface area (Å²) in [6, 6.07) is 7.63. The van der Waals surface area contributed by atoms with Crippen molar-refractivity contribution in [2.75, 3.05) is 18.2 Å². The normalized spacial score (nSPS) is 10.8. The van der Waals surface area contributed by atoms with E-state index in [0.717, 1.165) is 21.9 Å². The Kier molecular flexibility index (Phi) is 4.71. The summed E-state index contributed by atoms with van der Waals surface area (Å²) >= 11 is 1.62. The monoisotopic (exact) mass is 343 g/mol. The summed E-state index contributed by atoms with van der Waals surface area (Å²) < 4.78 is 11.1. The van der Waals surface area contributed by atoms with Gasteiger partial charge in [-0.05, 0) is 38.3 Å². The SMILES string of the molecule is CSc1cccc(NC(=O)COc2ncnc3oc(C)c(C)c23)c1. The van der Waals surface area contributed by atoms with Gasteiger partial charge >= 0.3 is 0 Å². The Bertz CT molecular complexity index is 892. The number of hydrogen-bond donors (Lipinski definition) is 1. The largest absolute Gasteiger partial charge is 0.467 e. The zero-order chi connectivity index (χ0) is 17.1. The highest BCUT2D eigenvalue weighted by molar-refractivity contribution is 7.98. The molecule has 0 unspecified atom stereocenters. The number of thioether (sulfide) groups is 1. The first-order chi connectivity index (χ1) is 11.6. The molecular weight excluding hydrogens is 326 g/mol. The van der Waals surface area contributed by atoms with Gasteiger partial charge in [-0.1, -0.05) is 6.07 Å². The molecule has 24 heavy (non-hydrogen) atoms. The van der Waals surface area contributed by atoms with Crippen molar-refractivity contribution >= 4 is 34.5 Å². The molecule has 6 nitrogen and oxygen atoms in total. The Hall–Kier alpha value is -2.54. The summed E-state index contributed by atoms with van der Waals surface area (Å²) in [4.78, 5) is 21.4.